The fourth-order valence-electron chi connectivity index (χ4n) is 1.87. The summed E-state index contributed by atoms with van der Waals surface area (Å²) in [5.41, 5.74) is 0.0840. The highest BCUT2D eigenvalue weighted by Gasteiger charge is 2.25. The van der Waals surface area contributed by atoms with Crippen LogP contribution in [-0.4, -0.2) is 31.0 Å². The van der Waals surface area contributed by atoms with Crippen LogP contribution in [0.4, 0.5) is 10.1 Å². The van der Waals surface area contributed by atoms with Gasteiger partial charge in [-0.15, -0.1) is 0 Å². The number of aromatic nitrogens is 1. The van der Waals surface area contributed by atoms with Gasteiger partial charge in [0.05, 0.1) is 5.69 Å². The first kappa shape index (κ1) is 15.0. The van der Waals surface area contributed by atoms with Crippen LogP contribution in [0.15, 0.2) is 41.4 Å². The lowest BCUT2D eigenvalue weighted by Gasteiger charge is -2.22. The summed E-state index contributed by atoms with van der Waals surface area (Å²) in [7, 11) is -3.91. The lowest BCUT2D eigenvalue weighted by molar-refractivity contribution is 0.0691. The van der Waals surface area contributed by atoms with E-state index in [-0.39, 0.29) is 17.1 Å². The number of rotatable bonds is 5. The number of hydrogen-bond acceptors (Lipinski definition) is 3. The molecule has 0 saturated carbocycles. The number of sulfonamides is 1. The molecule has 2 rings (SSSR count). The number of benzene rings is 1. The first-order chi connectivity index (χ1) is 9.86. The topological polar surface area (TPSA) is 90.5 Å². The van der Waals surface area contributed by atoms with Crippen molar-refractivity contribution in [1.82, 2.24) is 4.98 Å². The van der Waals surface area contributed by atoms with Gasteiger partial charge in [0, 0.05) is 12.7 Å². The number of aromatic amines is 1. The molecule has 1 aromatic carbocycles. The second-order valence-electron chi connectivity index (χ2n) is 4.20. The fourth-order valence-corrected chi connectivity index (χ4v) is 3.34. The van der Waals surface area contributed by atoms with Crippen molar-refractivity contribution in [2.45, 2.75) is 11.8 Å². The van der Waals surface area contributed by atoms with Crippen LogP contribution in [0.1, 0.15) is 17.4 Å². The third-order valence-electron chi connectivity index (χ3n) is 2.88. The lowest BCUT2D eigenvalue weighted by Crippen LogP contribution is -2.30. The molecule has 0 saturated heterocycles. The van der Waals surface area contributed by atoms with E-state index in [4.69, 9.17) is 5.11 Å². The molecule has 0 radical (unpaired) electrons. The van der Waals surface area contributed by atoms with Crippen molar-refractivity contribution < 1.29 is 22.7 Å². The van der Waals surface area contributed by atoms with Gasteiger partial charge < -0.3 is 10.1 Å². The van der Waals surface area contributed by atoms with Gasteiger partial charge in [-0.05, 0) is 37.3 Å². The number of carboxylic acids is 1. The van der Waals surface area contributed by atoms with Crippen molar-refractivity contribution >= 4 is 21.7 Å². The third-order valence-corrected chi connectivity index (χ3v) is 4.76. The maximum Gasteiger partial charge on any atom is 0.352 e. The Morgan fingerprint density at radius 1 is 1.33 bits per heavy atom. The van der Waals surface area contributed by atoms with Crippen LogP contribution in [0, 0.1) is 5.82 Å². The van der Waals surface area contributed by atoms with Gasteiger partial charge >= 0.3 is 5.97 Å². The van der Waals surface area contributed by atoms with E-state index in [9.17, 15) is 17.6 Å². The van der Waals surface area contributed by atoms with Gasteiger partial charge in [-0.25, -0.2) is 17.6 Å². The van der Waals surface area contributed by atoms with E-state index < -0.39 is 21.8 Å². The predicted molar refractivity (Wildman–Crippen MR) is 74.4 cm³/mol. The van der Waals surface area contributed by atoms with Gasteiger partial charge in [0.25, 0.3) is 10.0 Å². The Kier molecular flexibility index (Phi) is 3.99. The Balaban J connectivity index is 2.43. The van der Waals surface area contributed by atoms with Gasteiger partial charge in [0.2, 0.25) is 0 Å². The number of hydrogen-bond donors (Lipinski definition) is 2. The molecular weight excluding hydrogens is 299 g/mol. The zero-order valence-corrected chi connectivity index (χ0v) is 11.9. The van der Waals surface area contributed by atoms with E-state index >= 15 is 0 Å². The summed E-state index contributed by atoms with van der Waals surface area (Å²) in [5.74, 6) is -1.72. The molecule has 0 unspecified atom stereocenters. The van der Waals surface area contributed by atoms with Gasteiger partial charge in [0.1, 0.15) is 16.4 Å². The van der Waals surface area contributed by atoms with Crippen LogP contribution in [0.5, 0.6) is 0 Å². The van der Waals surface area contributed by atoms with Crippen molar-refractivity contribution in [3.05, 3.63) is 48.0 Å². The van der Waals surface area contributed by atoms with Crippen molar-refractivity contribution in [1.29, 1.82) is 0 Å². The standard InChI is InChI=1S/C13H13FN2O4S/c1-2-16(10-5-3-9(14)4-6-10)21(19,20)11-7-12(13(17)18)15-8-11/h3-8,15H,2H2,1H3,(H,17,18). The molecule has 0 aliphatic rings. The van der Waals surface area contributed by atoms with Crippen LogP contribution in [0.3, 0.4) is 0 Å². The molecule has 21 heavy (non-hydrogen) atoms. The summed E-state index contributed by atoms with van der Waals surface area (Å²) in [4.78, 5) is 13.0. The molecule has 0 amide bonds. The van der Waals surface area contributed by atoms with Gasteiger partial charge in [-0.3, -0.25) is 4.31 Å². The molecule has 0 atom stereocenters. The monoisotopic (exact) mass is 312 g/mol. The molecule has 6 nitrogen and oxygen atoms in total. The van der Waals surface area contributed by atoms with Crippen LogP contribution in [0.25, 0.3) is 0 Å². The normalized spacial score (nSPS) is 11.3. The highest BCUT2D eigenvalue weighted by molar-refractivity contribution is 7.92. The van der Waals surface area contributed by atoms with Gasteiger partial charge in [0.15, 0.2) is 0 Å². The lowest BCUT2D eigenvalue weighted by atomic mass is 10.3. The number of H-pyrrole nitrogens is 1. The molecule has 0 bridgehead atoms. The zero-order valence-electron chi connectivity index (χ0n) is 11.1. The fraction of sp³-hybridized carbons (Fsp3) is 0.154. The number of nitrogens with one attached hydrogen (secondary N) is 1. The minimum atomic E-state index is -3.91. The van der Waals surface area contributed by atoms with Crippen LogP contribution in [0.2, 0.25) is 0 Å². The molecular formula is C13H13FN2O4S. The number of nitrogens with zero attached hydrogens (tertiary/aromatic N) is 1. The molecule has 0 aliphatic carbocycles. The molecule has 2 N–H and O–H groups in total. The Morgan fingerprint density at radius 2 is 1.95 bits per heavy atom. The Morgan fingerprint density at radius 3 is 2.43 bits per heavy atom. The minimum absolute atomic E-state index is 0.127. The van der Waals surface area contributed by atoms with Crippen molar-refractivity contribution in [2.24, 2.45) is 0 Å². The van der Waals surface area contributed by atoms with Gasteiger partial charge in [-0.1, -0.05) is 0 Å². The maximum atomic E-state index is 12.9. The zero-order chi connectivity index (χ0) is 15.6. The van der Waals surface area contributed by atoms with E-state index in [1.54, 1.807) is 6.92 Å². The smallest absolute Gasteiger partial charge is 0.352 e. The number of halogens is 1. The van der Waals surface area contributed by atoms with Crippen molar-refractivity contribution in [2.75, 3.05) is 10.8 Å². The molecule has 1 heterocycles. The van der Waals surface area contributed by atoms with E-state index in [2.05, 4.69) is 4.98 Å². The van der Waals surface area contributed by atoms with E-state index in [1.807, 2.05) is 0 Å². The van der Waals surface area contributed by atoms with Gasteiger partial charge in [-0.2, -0.15) is 0 Å². The number of carbonyl (C=O) groups is 1. The SMILES string of the molecule is CCN(c1ccc(F)cc1)S(=O)(=O)c1c[nH]c(C(=O)O)c1. The predicted octanol–water partition coefficient (Wildman–Crippen LogP) is 2.07. The number of carboxylic acid groups (broad SMARTS) is 1. The second kappa shape index (κ2) is 5.57. The average Bonchev–Trinajstić information content (AvgIpc) is 2.92. The third kappa shape index (κ3) is 2.89. The van der Waals surface area contributed by atoms with Crippen LogP contribution < -0.4 is 4.31 Å². The minimum Gasteiger partial charge on any atom is -0.477 e. The first-order valence-electron chi connectivity index (χ1n) is 6.06. The van der Waals surface area contributed by atoms with E-state index in [0.717, 1.165) is 28.7 Å². The number of aromatic carboxylic acids is 1. The average molecular weight is 312 g/mol. The van der Waals surface area contributed by atoms with Crippen LogP contribution >= 0.6 is 0 Å². The Hall–Kier alpha value is -2.35. The Labute approximate surface area is 120 Å². The molecule has 8 heteroatoms. The summed E-state index contributed by atoms with van der Waals surface area (Å²) < 4.78 is 39.0. The number of anilines is 1. The van der Waals surface area contributed by atoms with Crippen LogP contribution in [-0.2, 0) is 10.0 Å². The second-order valence-corrected chi connectivity index (χ2v) is 6.06. The molecule has 2 aromatic rings. The van der Waals surface area contributed by atoms with Crippen molar-refractivity contribution in [3.8, 4) is 0 Å². The van der Waals surface area contributed by atoms with E-state index in [0.29, 0.717) is 5.69 Å². The van der Waals surface area contributed by atoms with E-state index in [1.165, 1.54) is 12.1 Å². The molecule has 112 valence electrons. The molecule has 1 aromatic heterocycles. The summed E-state index contributed by atoms with van der Waals surface area (Å²) >= 11 is 0. The summed E-state index contributed by atoms with van der Waals surface area (Å²) in [6, 6.07) is 6.06. The largest absolute Gasteiger partial charge is 0.477 e. The first-order valence-corrected chi connectivity index (χ1v) is 7.50. The molecule has 0 spiro atoms. The maximum absolute atomic E-state index is 12.9. The summed E-state index contributed by atoms with van der Waals surface area (Å²) in [5, 5.41) is 8.83. The Bertz CT molecular complexity index is 753. The molecule has 0 fully saturated rings. The summed E-state index contributed by atoms with van der Waals surface area (Å²) in [6.45, 7) is 1.76. The molecule has 0 aliphatic heterocycles. The quantitative estimate of drug-likeness (QED) is 0.884. The highest BCUT2D eigenvalue weighted by atomic mass is 32.2. The van der Waals surface area contributed by atoms with Crippen molar-refractivity contribution in [3.63, 3.8) is 0 Å². The summed E-state index contributed by atoms with van der Waals surface area (Å²) in [6.07, 6.45) is 1.12. The highest BCUT2D eigenvalue weighted by Crippen LogP contribution is 2.24.